The SMILES string of the molecule is CCc1c(C(=O)OC)nnn1Cc1ccccc1. The van der Waals surface area contributed by atoms with Gasteiger partial charge in [0, 0.05) is 0 Å². The third kappa shape index (κ3) is 2.40. The van der Waals surface area contributed by atoms with Crippen LogP contribution in [0.5, 0.6) is 0 Å². The molecule has 0 aliphatic carbocycles. The van der Waals surface area contributed by atoms with Crippen molar-refractivity contribution in [1.82, 2.24) is 15.0 Å². The number of carbonyl (C=O) groups excluding carboxylic acids is 1. The Hall–Kier alpha value is -2.17. The molecule has 1 aromatic heterocycles. The van der Waals surface area contributed by atoms with Crippen LogP contribution in [0.25, 0.3) is 0 Å². The minimum atomic E-state index is -0.439. The van der Waals surface area contributed by atoms with Gasteiger partial charge in [0.1, 0.15) is 0 Å². The summed E-state index contributed by atoms with van der Waals surface area (Å²) in [5.74, 6) is -0.439. The van der Waals surface area contributed by atoms with E-state index in [4.69, 9.17) is 0 Å². The van der Waals surface area contributed by atoms with E-state index in [0.717, 1.165) is 11.3 Å². The van der Waals surface area contributed by atoms with Crippen molar-refractivity contribution < 1.29 is 9.53 Å². The van der Waals surface area contributed by atoms with Gasteiger partial charge in [-0.05, 0) is 12.0 Å². The van der Waals surface area contributed by atoms with E-state index in [1.165, 1.54) is 7.11 Å². The third-order valence-electron chi connectivity index (χ3n) is 2.73. The van der Waals surface area contributed by atoms with Gasteiger partial charge < -0.3 is 4.74 Å². The van der Waals surface area contributed by atoms with Crippen LogP contribution >= 0.6 is 0 Å². The number of rotatable bonds is 4. The summed E-state index contributed by atoms with van der Waals surface area (Å²) in [6.07, 6.45) is 0.685. The largest absolute Gasteiger partial charge is 0.464 e. The van der Waals surface area contributed by atoms with Crippen molar-refractivity contribution in [2.45, 2.75) is 19.9 Å². The maximum atomic E-state index is 11.5. The molecule has 0 aliphatic rings. The molecule has 1 heterocycles. The van der Waals surface area contributed by atoms with Crippen LogP contribution in [0, 0.1) is 0 Å². The first kappa shape index (κ1) is 12.3. The molecule has 0 spiro atoms. The minimum Gasteiger partial charge on any atom is -0.464 e. The van der Waals surface area contributed by atoms with Gasteiger partial charge in [-0.3, -0.25) is 0 Å². The zero-order valence-electron chi connectivity index (χ0n) is 10.5. The van der Waals surface area contributed by atoms with Crippen molar-refractivity contribution >= 4 is 5.97 Å². The van der Waals surface area contributed by atoms with Crippen LogP contribution in [0.15, 0.2) is 30.3 Å². The van der Waals surface area contributed by atoms with Gasteiger partial charge in [-0.1, -0.05) is 42.5 Å². The fourth-order valence-electron chi connectivity index (χ4n) is 1.82. The number of esters is 1. The first-order valence-corrected chi connectivity index (χ1v) is 5.80. The quantitative estimate of drug-likeness (QED) is 0.769. The molecule has 2 aromatic rings. The van der Waals surface area contributed by atoms with Crippen LogP contribution < -0.4 is 0 Å². The summed E-state index contributed by atoms with van der Waals surface area (Å²) < 4.78 is 6.43. The van der Waals surface area contributed by atoms with Crippen molar-refractivity contribution in [3.05, 3.63) is 47.3 Å². The molecular formula is C13H15N3O2. The molecule has 0 fully saturated rings. The van der Waals surface area contributed by atoms with Crippen LogP contribution in [0.1, 0.15) is 28.7 Å². The zero-order chi connectivity index (χ0) is 13.0. The Morgan fingerprint density at radius 1 is 1.33 bits per heavy atom. The lowest BCUT2D eigenvalue weighted by Crippen LogP contribution is -2.09. The molecule has 0 aliphatic heterocycles. The summed E-state index contributed by atoms with van der Waals surface area (Å²) in [5, 5.41) is 7.91. The summed E-state index contributed by atoms with van der Waals surface area (Å²) in [5.41, 5.74) is 2.22. The number of hydrogen-bond acceptors (Lipinski definition) is 4. The van der Waals surface area contributed by atoms with Gasteiger partial charge >= 0.3 is 5.97 Å². The summed E-state index contributed by atoms with van der Waals surface area (Å²) >= 11 is 0. The number of nitrogens with zero attached hydrogens (tertiary/aromatic N) is 3. The van der Waals surface area contributed by atoms with Crippen LogP contribution in [0.4, 0.5) is 0 Å². The summed E-state index contributed by atoms with van der Waals surface area (Å²) in [4.78, 5) is 11.5. The van der Waals surface area contributed by atoms with E-state index in [2.05, 4.69) is 15.0 Å². The number of methoxy groups -OCH3 is 1. The lowest BCUT2D eigenvalue weighted by molar-refractivity contribution is 0.0592. The Balaban J connectivity index is 2.29. The highest BCUT2D eigenvalue weighted by atomic mass is 16.5. The molecule has 0 unspecified atom stereocenters. The van der Waals surface area contributed by atoms with E-state index in [1.807, 2.05) is 37.3 Å². The fourth-order valence-corrected chi connectivity index (χ4v) is 1.82. The van der Waals surface area contributed by atoms with E-state index in [-0.39, 0.29) is 0 Å². The summed E-state index contributed by atoms with van der Waals surface area (Å²) in [6.45, 7) is 2.57. The third-order valence-corrected chi connectivity index (χ3v) is 2.73. The van der Waals surface area contributed by atoms with Crippen molar-refractivity contribution in [3.63, 3.8) is 0 Å². The van der Waals surface area contributed by atoms with Crippen LogP contribution in [-0.4, -0.2) is 28.1 Å². The molecule has 5 heteroatoms. The fraction of sp³-hybridized carbons (Fsp3) is 0.308. The first-order valence-electron chi connectivity index (χ1n) is 5.80. The monoisotopic (exact) mass is 245 g/mol. The molecule has 0 amide bonds. The molecule has 0 bridgehead atoms. The lowest BCUT2D eigenvalue weighted by atomic mass is 10.2. The second-order valence-electron chi connectivity index (χ2n) is 3.87. The lowest BCUT2D eigenvalue weighted by Gasteiger charge is -2.05. The van der Waals surface area contributed by atoms with Gasteiger partial charge in [-0.25, -0.2) is 9.48 Å². The van der Waals surface area contributed by atoms with E-state index >= 15 is 0 Å². The molecule has 0 saturated carbocycles. The van der Waals surface area contributed by atoms with Gasteiger partial charge in [0.25, 0.3) is 0 Å². The molecule has 0 saturated heterocycles. The molecule has 5 nitrogen and oxygen atoms in total. The Morgan fingerprint density at radius 2 is 2.06 bits per heavy atom. The molecule has 0 atom stereocenters. The summed E-state index contributed by atoms with van der Waals surface area (Å²) in [6, 6.07) is 9.93. The molecular weight excluding hydrogens is 230 g/mol. The Kier molecular flexibility index (Phi) is 3.72. The molecule has 18 heavy (non-hydrogen) atoms. The number of benzene rings is 1. The predicted molar refractivity (Wildman–Crippen MR) is 66.3 cm³/mol. The van der Waals surface area contributed by atoms with Crippen molar-refractivity contribution in [2.24, 2.45) is 0 Å². The summed E-state index contributed by atoms with van der Waals surface area (Å²) in [7, 11) is 1.35. The van der Waals surface area contributed by atoms with Gasteiger partial charge in [-0.2, -0.15) is 0 Å². The molecule has 0 N–H and O–H groups in total. The van der Waals surface area contributed by atoms with Gasteiger partial charge in [0.05, 0.1) is 19.3 Å². The topological polar surface area (TPSA) is 57.0 Å². The average Bonchev–Trinajstić information content (AvgIpc) is 2.81. The minimum absolute atomic E-state index is 0.302. The van der Waals surface area contributed by atoms with Crippen LogP contribution in [-0.2, 0) is 17.7 Å². The molecule has 2 rings (SSSR count). The van der Waals surface area contributed by atoms with E-state index in [1.54, 1.807) is 4.68 Å². The Bertz CT molecular complexity index is 534. The highest BCUT2D eigenvalue weighted by Gasteiger charge is 2.18. The maximum Gasteiger partial charge on any atom is 0.360 e. The van der Waals surface area contributed by atoms with Crippen LogP contribution in [0.3, 0.4) is 0 Å². The zero-order valence-corrected chi connectivity index (χ0v) is 10.5. The van der Waals surface area contributed by atoms with E-state index in [0.29, 0.717) is 18.7 Å². The average molecular weight is 245 g/mol. The standard InChI is InChI=1S/C13H15N3O2/c1-3-11-12(13(17)18-2)14-15-16(11)9-10-7-5-4-6-8-10/h4-8H,3,9H2,1-2H3. The Labute approximate surface area is 105 Å². The number of ether oxygens (including phenoxy) is 1. The Morgan fingerprint density at radius 3 is 2.67 bits per heavy atom. The smallest absolute Gasteiger partial charge is 0.360 e. The number of hydrogen-bond donors (Lipinski definition) is 0. The van der Waals surface area contributed by atoms with E-state index in [9.17, 15) is 4.79 Å². The predicted octanol–water partition coefficient (Wildman–Crippen LogP) is 1.68. The molecule has 1 aromatic carbocycles. The highest BCUT2D eigenvalue weighted by molar-refractivity contribution is 5.88. The van der Waals surface area contributed by atoms with Crippen LogP contribution in [0.2, 0.25) is 0 Å². The highest BCUT2D eigenvalue weighted by Crippen LogP contribution is 2.10. The number of carbonyl (C=O) groups is 1. The van der Waals surface area contributed by atoms with Crippen molar-refractivity contribution in [2.75, 3.05) is 7.11 Å². The van der Waals surface area contributed by atoms with Crippen molar-refractivity contribution in [3.8, 4) is 0 Å². The normalized spacial score (nSPS) is 10.3. The van der Waals surface area contributed by atoms with E-state index < -0.39 is 5.97 Å². The molecule has 0 radical (unpaired) electrons. The van der Waals surface area contributed by atoms with Gasteiger partial charge in [0.2, 0.25) is 0 Å². The second-order valence-corrected chi connectivity index (χ2v) is 3.87. The van der Waals surface area contributed by atoms with Gasteiger partial charge in [0.15, 0.2) is 5.69 Å². The maximum absolute atomic E-state index is 11.5. The number of aromatic nitrogens is 3. The first-order chi connectivity index (χ1) is 8.76. The van der Waals surface area contributed by atoms with Crippen molar-refractivity contribution in [1.29, 1.82) is 0 Å². The molecule has 94 valence electrons. The van der Waals surface area contributed by atoms with Gasteiger partial charge in [-0.15, -0.1) is 5.10 Å². The second kappa shape index (κ2) is 5.44.